The van der Waals surface area contributed by atoms with Gasteiger partial charge < -0.3 is 16.0 Å². The molecule has 6 heteroatoms. The summed E-state index contributed by atoms with van der Waals surface area (Å²) in [6.45, 7) is 2.09. The first-order chi connectivity index (χ1) is 11.9. The van der Waals surface area contributed by atoms with E-state index in [0.29, 0.717) is 11.8 Å². The van der Waals surface area contributed by atoms with Crippen molar-refractivity contribution in [2.24, 2.45) is 23.5 Å². The molecule has 2 aliphatic carbocycles. The average molecular weight is 380 g/mol. The number of benzene rings is 1. The van der Waals surface area contributed by atoms with Crippen molar-refractivity contribution in [2.45, 2.75) is 45.1 Å². The SMILES string of the molecule is Cc1ccc(NC(=O)CN(C)C(=O)C2CC3CCCC(C2)C3N)cc1.Cl. The molecule has 0 aliphatic heterocycles. The van der Waals surface area contributed by atoms with Gasteiger partial charge in [-0.1, -0.05) is 24.1 Å². The van der Waals surface area contributed by atoms with Crippen molar-refractivity contribution in [3.8, 4) is 0 Å². The number of hydrogen-bond acceptors (Lipinski definition) is 3. The number of halogens is 1. The van der Waals surface area contributed by atoms with E-state index in [9.17, 15) is 9.59 Å². The molecule has 3 rings (SSSR count). The molecule has 2 amide bonds. The minimum absolute atomic E-state index is 0. The fourth-order valence-corrected chi connectivity index (χ4v) is 4.43. The van der Waals surface area contributed by atoms with Gasteiger partial charge in [0.05, 0.1) is 6.54 Å². The predicted octanol–water partition coefficient (Wildman–Crippen LogP) is 2.97. The molecule has 2 saturated carbocycles. The van der Waals surface area contributed by atoms with E-state index in [4.69, 9.17) is 5.73 Å². The number of fused-ring (bicyclic) bond motifs is 2. The number of nitrogens with zero attached hydrogens (tertiary/aromatic N) is 1. The molecule has 1 aromatic rings. The maximum absolute atomic E-state index is 12.8. The van der Waals surface area contributed by atoms with Crippen LogP contribution in [0.25, 0.3) is 0 Å². The number of nitrogens with two attached hydrogens (primary N) is 1. The highest BCUT2D eigenvalue weighted by Crippen LogP contribution is 2.42. The topological polar surface area (TPSA) is 75.4 Å². The van der Waals surface area contributed by atoms with Crippen molar-refractivity contribution < 1.29 is 9.59 Å². The zero-order chi connectivity index (χ0) is 18.0. The largest absolute Gasteiger partial charge is 0.336 e. The second-order valence-electron chi connectivity index (χ2n) is 7.81. The number of rotatable bonds is 4. The molecular formula is C20H30ClN3O2. The second kappa shape index (κ2) is 8.87. The van der Waals surface area contributed by atoms with Crippen LogP contribution in [0.4, 0.5) is 5.69 Å². The van der Waals surface area contributed by atoms with Gasteiger partial charge in [0, 0.05) is 24.7 Å². The summed E-state index contributed by atoms with van der Waals surface area (Å²) < 4.78 is 0. The molecule has 2 bridgehead atoms. The van der Waals surface area contributed by atoms with Gasteiger partial charge in [0.15, 0.2) is 0 Å². The third-order valence-corrected chi connectivity index (χ3v) is 5.85. The number of anilines is 1. The summed E-state index contributed by atoms with van der Waals surface area (Å²) in [5.74, 6) is 0.884. The molecule has 0 saturated heterocycles. The zero-order valence-electron chi connectivity index (χ0n) is 15.6. The number of likely N-dealkylation sites (N-methyl/N-ethyl adjacent to an activating group) is 1. The Balaban J connectivity index is 0.00000243. The Morgan fingerprint density at radius 2 is 1.73 bits per heavy atom. The Labute approximate surface area is 162 Å². The minimum atomic E-state index is -0.160. The van der Waals surface area contributed by atoms with Crippen LogP contribution in [0.5, 0.6) is 0 Å². The lowest BCUT2D eigenvalue weighted by Crippen LogP contribution is -2.49. The van der Waals surface area contributed by atoms with Gasteiger partial charge in [0.2, 0.25) is 11.8 Å². The Bertz CT molecular complexity index is 620. The third kappa shape index (κ3) is 4.77. The van der Waals surface area contributed by atoms with Gasteiger partial charge in [-0.25, -0.2) is 0 Å². The van der Waals surface area contributed by atoms with Crippen LogP contribution >= 0.6 is 12.4 Å². The van der Waals surface area contributed by atoms with Crippen molar-refractivity contribution >= 4 is 29.9 Å². The molecule has 2 unspecified atom stereocenters. The molecule has 144 valence electrons. The van der Waals surface area contributed by atoms with E-state index in [2.05, 4.69) is 5.32 Å². The van der Waals surface area contributed by atoms with Crippen molar-refractivity contribution in [1.82, 2.24) is 4.90 Å². The maximum atomic E-state index is 12.8. The Morgan fingerprint density at radius 1 is 1.15 bits per heavy atom. The standard InChI is InChI=1S/C20H29N3O2.ClH/c1-13-6-8-17(9-7-13)22-18(24)12-23(2)20(25)16-10-14-4-3-5-15(11-16)19(14)21;/h6-9,14-16,19H,3-5,10-12,21H2,1-2H3,(H,22,24);1H. The molecule has 26 heavy (non-hydrogen) atoms. The van der Waals surface area contributed by atoms with Gasteiger partial charge in [0.1, 0.15) is 0 Å². The molecule has 1 aromatic carbocycles. The van der Waals surface area contributed by atoms with E-state index in [1.807, 2.05) is 31.2 Å². The third-order valence-electron chi connectivity index (χ3n) is 5.85. The molecule has 5 nitrogen and oxygen atoms in total. The van der Waals surface area contributed by atoms with E-state index < -0.39 is 0 Å². The number of carbonyl (C=O) groups is 2. The predicted molar refractivity (Wildman–Crippen MR) is 106 cm³/mol. The first-order valence-electron chi connectivity index (χ1n) is 9.31. The van der Waals surface area contributed by atoms with Crippen molar-refractivity contribution in [2.75, 3.05) is 18.9 Å². The summed E-state index contributed by atoms with van der Waals surface area (Å²) >= 11 is 0. The van der Waals surface area contributed by atoms with E-state index in [-0.39, 0.29) is 42.7 Å². The van der Waals surface area contributed by atoms with Crippen LogP contribution in [0.1, 0.15) is 37.7 Å². The van der Waals surface area contributed by atoms with Crippen LogP contribution < -0.4 is 11.1 Å². The van der Waals surface area contributed by atoms with Gasteiger partial charge in [0.25, 0.3) is 0 Å². The van der Waals surface area contributed by atoms with Crippen LogP contribution in [-0.2, 0) is 9.59 Å². The molecule has 0 heterocycles. The van der Waals surface area contributed by atoms with E-state index in [0.717, 1.165) is 36.9 Å². The molecule has 2 atom stereocenters. The monoisotopic (exact) mass is 379 g/mol. The van der Waals surface area contributed by atoms with E-state index >= 15 is 0 Å². The zero-order valence-corrected chi connectivity index (χ0v) is 16.4. The smallest absolute Gasteiger partial charge is 0.243 e. The number of nitrogens with one attached hydrogen (secondary N) is 1. The van der Waals surface area contributed by atoms with Crippen molar-refractivity contribution in [3.05, 3.63) is 29.8 Å². The molecule has 3 N–H and O–H groups in total. The lowest BCUT2D eigenvalue weighted by molar-refractivity contribution is -0.139. The van der Waals surface area contributed by atoms with E-state index in [1.165, 1.54) is 6.42 Å². The van der Waals surface area contributed by atoms with Gasteiger partial charge in [-0.2, -0.15) is 0 Å². The van der Waals surface area contributed by atoms with Crippen molar-refractivity contribution in [3.63, 3.8) is 0 Å². The summed E-state index contributed by atoms with van der Waals surface area (Å²) in [4.78, 5) is 26.6. The van der Waals surface area contributed by atoms with Crippen LogP contribution in [0.3, 0.4) is 0 Å². The first-order valence-corrected chi connectivity index (χ1v) is 9.31. The van der Waals surface area contributed by atoms with Gasteiger partial charge in [-0.05, 0) is 56.6 Å². The highest BCUT2D eigenvalue weighted by atomic mass is 35.5. The Kier molecular flexibility index (Phi) is 7.07. The summed E-state index contributed by atoms with van der Waals surface area (Å²) in [6.07, 6.45) is 5.26. The summed E-state index contributed by atoms with van der Waals surface area (Å²) in [5, 5.41) is 2.85. The Hall–Kier alpha value is -1.59. The van der Waals surface area contributed by atoms with Crippen LogP contribution in [0, 0.1) is 24.7 Å². The molecule has 0 aromatic heterocycles. The number of hydrogen-bond donors (Lipinski definition) is 2. The molecular weight excluding hydrogens is 350 g/mol. The summed E-state index contributed by atoms with van der Waals surface area (Å²) in [5.41, 5.74) is 8.21. The molecule has 0 spiro atoms. The summed E-state index contributed by atoms with van der Waals surface area (Å²) in [6, 6.07) is 7.91. The molecule has 2 aliphatic rings. The lowest BCUT2D eigenvalue weighted by atomic mass is 9.65. The maximum Gasteiger partial charge on any atom is 0.243 e. The fraction of sp³-hybridized carbons (Fsp3) is 0.600. The van der Waals surface area contributed by atoms with Gasteiger partial charge in [-0.15, -0.1) is 12.4 Å². The van der Waals surface area contributed by atoms with Crippen LogP contribution in [0.15, 0.2) is 24.3 Å². The molecule has 0 radical (unpaired) electrons. The highest BCUT2D eigenvalue weighted by molar-refractivity contribution is 5.94. The van der Waals surface area contributed by atoms with Gasteiger partial charge >= 0.3 is 0 Å². The average Bonchev–Trinajstić information content (AvgIpc) is 2.56. The quantitative estimate of drug-likeness (QED) is 0.844. The van der Waals surface area contributed by atoms with Gasteiger partial charge in [-0.3, -0.25) is 9.59 Å². The van der Waals surface area contributed by atoms with Crippen molar-refractivity contribution in [1.29, 1.82) is 0 Å². The highest BCUT2D eigenvalue weighted by Gasteiger charge is 2.41. The van der Waals surface area contributed by atoms with E-state index in [1.54, 1.807) is 11.9 Å². The fourth-order valence-electron chi connectivity index (χ4n) is 4.43. The minimum Gasteiger partial charge on any atom is -0.336 e. The Morgan fingerprint density at radius 3 is 2.31 bits per heavy atom. The lowest BCUT2D eigenvalue weighted by Gasteiger charge is -2.44. The number of amides is 2. The first kappa shape index (κ1) is 20.7. The number of carbonyl (C=O) groups excluding carboxylic acids is 2. The normalized spacial score (nSPS) is 27.2. The second-order valence-corrected chi connectivity index (χ2v) is 7.81. The number of aryl methyl sites for hydroxylation is 1. The summed E-state index contributed by atoms with van der Waals surface area (Å²) in [7, 11) is 1.72. The van der Waals surface area contributed by atoms with Crippen LogP contribution in [-0.4, -0.2) is 36.3 Å². The van der Waals surface area contributed by atoms with Crippen LogP contribution in [0.2, 0.25) is 0 Å². The molecule has 2 fully saturated rings.